The van der Waals surface area contributed by atoms with Gasteiger partial charge >= 0.3 is 0 Å². The van der Waals surface area contributed by atoms with Gasteiger partial charge < -0.3 is 14.5 Å². The van der Waals surface area contributed by atoms with Gasteiger partial charge in [0.15, 0.2) is 0 Å². The molecule has 1 fully saturated rings. The molecule has 5 nitrogen and oxygen atoms in total. The van der Waals surface area contributed by atoms with Crippen molar-refractivity contribution in [3.05, 3.63) is 28.8 Å². The number of carbonyl (C=O) groups is 2. The quantitative estimate of drug-likeness (QED) is 0.824. The van der Waals surface area contributed by atoms with Crippen LogP contribution >= 0.6 is 0 Å². The fourth-order valence-corrected chi connectivity index (χ4v) is 3.33. The van der Waals surface area contributed by atoms with Gasteiger partial charge in [-0.2, -0.15) is 0 Å². The zero-order valence-electron chi connectivity index (χ0n) is 15.9. The molecular weight excluding hydrogens is 316 g/mol. The third-order valence-electron chi connectivity index (χ3n) is 5.08. The van der Waals surface area contributed by atoms with Gasteiger partial charge in [-0.1, -0.05) is 13.0 Å². The van der Waals surface area contributed by atoms with E-state index in [9.17, 15) is 9.59 Å². The summed E-state index contributed by atoms with van der Waals surface area (Å²) in [4.78, 5) is 28.6. The Morgan fingerprint density at radius 2 is 1.64 bits per heavy atom. The van der Waals surface area contributed by atoms with Crippen molar-refractivity contribution >= 4 is 11.8 Å². The lowest BCUT2D eigenvalue weighted by Crippen LogP contribution is -2.38. The SMILES string of the molecule is CCCC(=O)N1CCCN(C(=O)Cc2ccc(OC)c(C)c2C)CC1. The molecule has 25 heavy (non-hydrogen) atoms. The molecule has 1 aromatic rings. The second-order valence-corrected chi connectivity index (χ2v) is 6.72. The van der Waals surface area contributed by atoms with Gasteiger partial charge in [0.2, 0.25) is 11.8 Å². The second-order valence-electron chi connectivity index (χ2n) is 6.72. The van der Waals surface area contributed by atoms with E-state index in [-0.39, 0.29) is 11.8 Å². The van der Waals surface area contributed by atoms with Crippen molar-refractivity contribution < 1.29 is 14.3 Å². The Morgan fingerprint density at radius 3 is 2.24 bits per heavy atom. The van der Waals surface area contributed by atoms with Gasteiger partial charge in [0.05, 0.1) is 13.5 Å². The van der Waals surface area contributed by atoms with E-state index in [1.54, 1.807) is 7.11 Å². The Hall–Kier alpha value is -2.04. The summed E-state index contributed by atoms with van der Waals surface area (Å²) in [6, 6.07) is 3.91. The highest BCUT2D eigenvalue weighted by Crippen LogP contribution is 2.24. The van der Waals surface area contributed by atoms with E-state index in [4.69, 9.17) is 4.74 Å². The molecule has 1 aliphatic rings. The monoisotopic (exact) mass is 346 g/mol. The Bertz CT molecular complexity index is 628. The number of methoxy groups -OCH3 is 1. The molecule has 0 spiro atoms. The normalized spacial score (nSPS) is 15.0. The highest BCUT2D eigenvalue weighted by Gasteiger charge is 2.22. The second kappa shape index (κ2) is 8.88. The summed E-state index contributed by atoms with van der Waals surface area (Å²) < 4.78 is 5.34. The fourth-order valence-electron chi connectivity index (χ4n) is 3.33. The number of benzene rings is 1. The number of ether oxygens (including phenoxy) is 1. The van der Waals surface area contributed by atoms with Crippen molar-refractivity contribution in [2.75, 3.05) is 33.3 Å². The van der Waals surface area contributed by atoms with Crippen molar-refractivity contribution in [2.24, 2.45) is 0 Å². The van der Waals surface area contributed by atoms with Gasteiger partial charge in [-0.15, -0.1) is 0 Å². The molecule has 1 aliphatic heterocycles. The maximum atomic E-state index is 12.7. The molecule has 2 amide bonds. The number of nitrogens with zero attached hydrogens (tertiary/aromatic N) is 2. The number of carbonyl (C=O) groups excluding carboxylic acids is 2. The zero-order chi connectivity index (χ0) is 18.4. The number of rotatable bonds is 5. The predicted molar refractivity (Wildman–Crippen MR) is 98.9 cm³/mol. The molecule has 0 N–H and O–H groups in total. The van der Waals surface area contributed by atoms with Gasteiger partial charge in [0.1, 0.15) is 5.75 Å². The largest absolute Gasteiger partial charge is 0.496 e. The van der Waals surface area contributed by atoms with E-state index in [1.165, 1.54) is 0 Å². The minimum absolute atomic E-state index is 0.137. The van der Waals surface area contributed by atoms with E-state index in [2.05, 4.69) is 0 Å². The maximum absolute atomic E-state index is 12.7. The molecule has 0 saturated carbocycles. The summed E-state index contributed by atoms with van der Waals surface area (Å²) in [5, 5.41) is 0. The molecule has 0 aromatic heterocycles. The summed E-state index contributed by atoms with van der Waals surface area (Å²) >= 11 is 0. The predicted octanol–water partition coefficient (Wildman–Crippen LogP) is 2.72. The Labute approximate surface area is 150 Å². The highest BCUT2D eigenvalue weighted by atomic mass is 16.5. The van der Waals surface area contributed by atoms with Crippen LogP contribution in [-0.4, -0.2) is 54.9 Å². The summed E-state index contributed by atoms with van der Waals surface area (Å²) in [6.07, 6.45) is 2.72. The van der Waals surface area contributed by atoms with Crippen molar-refractivity contribution in [2.45, 2.75) is 46.5 Å². The van der Waals surface area contributed by atoms with E-state index in [1.807, 2.05) is 42.7 Å². The number of hydrogen-bond donors (Lipinski definition) is 0. The topological polar surface area (TPSA) is 49.9 Å². The first-order valence-corrected chi connectivity index (χ1v) is 9.16. The Kier molecular flexibility index (Phi) is 6.85. The molecule has 0 atom stereocenters. The molecule has 1 aromatic carbocycles. The van der Waals surface area contributed by atoms with Gasteiger partial charge in [-0.25, -0.2) is 0 Å². The highest BCUT2D eigenvalue weighted by molar-refractivity contribution is 5.80. The van der Waals surface area contributed by atoms with Crippen LogP contribution in [0.2, 0.25) is 0 Å². The first kappa shape index (κ1) is 19.3. The molecule has 0 unspecified atom stereocenters. The molecule has 0 bridgehead atoms. The van der Waals surface area contributed by atoms with E-state index < -0.39 is 0 Å². The van der Waals surface area contributed by atoms with E-state index >= 15 is 0 Å². The van der Waals surface area contributed by atoms with Crippen LogP contribution < -0.4 is 4.74 Å². The standard InChI is InChI=1S/C20H30N2O3/c1-5-7-19(23)21-10-6-11-22(13-12-21)20(24)14-17-8-9-18(25-4)16(3)15(17)2/h8-9H,5-7,10-14H2,1-4H3. The van der Waals surface area contributed by atoms with Crippen LogP contribution in [0.3, 0.4) is 0 Å². The number of hydrogen-bond acceptors (Lipinski definition) is 3. The minimum atomic E-state index is 0.137. The van der Waals surface area contributed by atoms with E-state index in [0.29, 0.717) is 25.9 Å². The average molecular weight is 346 g/mol. The third kappa shape index (κ3) is 4.74. The zero-order valence-corrected chi connectivity index (χ0v) is 15.9. The Morgan fingerprint density at radius 1 is 1.00 bits per heavy atom. The molecule has 138 valence electrons. The maximum Gasteiger partial charge on any atom is 0.227 e. The molecule has 0 radical (unpaired) electrons. The molecule has 5 heteroatoms. The third-order valence-corrected chi connectivity index (χ3v) is 5.08. The molecule has 1 saturated heterocycles. The Balaban J connectivity index is 2.00. The van der Waals surface area contributed by atoms with Gasteiger partial charge in [-0.3, -0.25) is 9.59 Å². The van der Waals surface area contributed by atoms with Crippen LogP contribution in [0.4, 0.5) is 0 Å². The van der Waals surface area contributed by atoms with Crippen LogP contribution in [0.5, 0.6) is 5.75 Å². The average Bonchev–Trinajstić information content (AvgIpc) is 2.85. The lowest BCUT2D eigenvalue weighted by atomic mass is 9.99. The van der Waals surface area contributed by atoms with E-state index in [0.717, 1.165) is 48.4 Å². The van der Waals surface area contributed by atoms with Crippen LogP contribution in [0.1, 0.15) is 42.9 Å². The molecule has 2 rings (SSSR count). The van der Waals surface area contributed by atoms with Crippen molar-refractivity contribution in [1.82, 2.24) is 9.80 Å². The van der Waals surface area contributed by atoms with Crippen LogP contribution in [0.15, 0.2) is 12.1 Å². The lowest BCUT2D eigenvalue weighted by Gasteiger charge is -2.23. The van der Waals surface area contributed by atoms with Crippen molar-refractivity contribution in [3.63, 3.8) is 0 Å². The van der Waals surface area contributed by atoms with Crippen molar-refractivity contribution in [1.29, 1.82) is 0 Å². The van der Waals surface area contributed by atoms with Crippen LogP contribution in [-0.2, 0) is 16.0 Å². The number of amides is 2. The fraction of sp³-hybridized carbons (Fsp3) is 0.600. The van der Waals surface area contributed by atoms with Crippen molar-refractivity contribution in [3.8, 4) is 5.75 Å². The van der Waals surface area contributed by atoms with Gasteiger partial charge in [0, 0.05) is 32.6 Å². The summed E-state index contributed by atoms with van der Waals surface area (Å²) in [5.74, 6) is 1.20. The summed E-state index contributed by atoms with van der Waals surface area (Å²) in [6.45, 7) is 8.82. The minimum Gasteiger partial charge on any atom is -0.496 e. The van der Waals surface area contributed by atoms with Gasteiger partial charge in [-0.05, 0) is 49.4 Å². The summed E-state index contributed by atoms with van der Waals surface area (Å²) in [7, 11) is 1.66. The molecule has 0 aliphatic carbocycles. The van der Waals surface area contributed by atoms with Crippen LogP contribution in [0, 0.1) is 13.8 Å². The smallest absolute Gasteiger partial charge is 0.227 e. The first-order valence-electron chi connectivity index (χ1n) is 9.16. The lowest BCUT2D eigenvalue weighted by molar-refractivity contribution is -0.133. The summed E-state index contributed by atoms with van der Waals surface area (Å²) in [5.41, 5.74) is 3.24. The van der Waals surface area contributed by atoms with Crippen LogP contribution in [0.25, 0.3) is 0 Å². The first-order chi connectivity index (χ1) is 12.0. The van der Waals surface area contributed by atoms with Gasteiger partial charge in [0.25, 0.3) is 0 Å². The molecule has 1 heterocycles. The molecular formula is C20H30N2O3.